The van der Waals surface area contributed by atoms with Gasteiger partial charge in [0, 0.05) is 12.2 Å². The average Bonchev–Trinajstić information content (AvgIpc) is 2.60. The predicted molar refractivity (Wildman–Crippen MR) is 96.9 cm³/mol. The number of hydrogen-bond donors (Lipinski definition) is 2. The Kier molecular flexibility index (Phi) is 5.93. The minimum absolute atomic E-state index is 0.188. The molecule has 0 aliphatic carbocycles. The summed E-state index contributed by atoms with van der Waals surface area (Å²) in [5.41, 5.74) is -0.0658. The third-order valence-electron chi connectivity index (χ3n) is 4.31. The van der Waals surface area contributed by atoms with Gasteiger partial charge in [-0.3, -0.25) is 9.59 Å². The number of alkyl halides is 3. The van der Waals surface area contributed by atoms with Gasteiger partial charge in [0.1, 0.15) is 5.41 Å². The zero-order valence-electron chi connectivity index (χ0n) is 15.3. The molecule has 7 heteroatoms. The van der Waals surface area contributed by atoms with Crippen molar-refractivity contribution in [1.29, 1.82) is 0 Å². The second-order valence-electron chi connectivity index (χ2n) is 6.76. The Morgan fingerprint density at radius 3 is 2.07 bits per heavy atom. The molecule has 0 saturated heterocycles. The molecule has 2 aromatic carbocycles. The minimum atomic E-state index is -4.45. The second kappa shape index (κ2) is 7.82. The number of benzene rings is 2. The number of nitrogens with one attached hydrogen (secondary N) is 2. The Morgan fingerprint density at radius 2 is 1.52 bits per heavy atom. The predicted octanol–water partition coefficient (Wildman–Crippen LogP) is 4.29. The first-order valence-electron chi connectivity index (χ1n) is 8.33. The van der Waals surface area contributed by atoms with Crippen LogP contribution < -0.4 is 10.6 Å². The van der Waals surface area contributed by atoms with Gasteiger partial charge in [-0.2, -0.15) is 13.2 Å². The van der Waals surface area contributed by atoms with Crippen LogP contribution in [0, 0.1) is 12.3 Å². The lowest BCUT2D eigenvalue weighted by Crippen LogP contribution is -2.44. The number of halogens is 3. The fourth-order valence-electron chi connectivity index (χ4n) is 2.34. The SMILES string of the molecule is Cc1ccccc1CNC(=O)C(C)(C)C(=O)Nc1ccc(C(F)(F)F)cc1. The van der Waals surface area contributed by atoms with Crippen LogP contribution in [0.25, 0.3) is 0 Å². The number of aryl methyl sites for hydroxylation is 1. The zero-order chi connectivity index (χ0) is 20.2. The molecule has 2 N–H and O–H groups in total. The Hall–Kier alpha value is -2.83. The van der Waals surface area contributed by atoms with Gasteiger partial charge in [0.05, 0.1) is 5.56 Å². The van der Waals surface area contributed by atoms with Crippen LogP contribution in [0.15, 0.2) is 48.5 Å². The number of anilines is 1. The summed E-state index contributed by atoms with van der Waals surface area (Å²) in [7, 11) is 0. The van der Waals surface area contributed by atoms with E-state index >= 15 is 0 Å². The maximum atomic E-state index is 12.6. The molecule has 0 spiro atoms. The van der Waals surface area contributed by atoms with E-state index in [1.165, 1.54) is 13.8 Å². The van der Waals surface area contributed by atoms with Crippen molar-refractivity contribution in [3.8, 4) is 0 Å². The van der Waals surface area contributed by atoms with Crippen LogP contribution in [0.2, 0.25) is 0 Å². The Balaban J connectivity index is 2.01. The maximum Gasteiger partial charge on any atom is 0.416 e. The summed E-state index contributed by atoms with van der Waals surface area (Å²) in [6, 6.07) is 11.6. The summed E-state index contributed by atoms with van der Waals surface area (Å²) >= 11 is 0. The van der Waals surface area contributed by atoms with Crippen molar-refractivity contribution < 1.29 is 22.8 Å². The highest BCUT2D eigenvalue weighted by molar-refractivity contribution is 6.09. The monoisotopic (exact) mass is 378 g/mol. The third kappa shape index (κ3) is 5.09. The normalized spacial score (nSPS) is 11.8. The molecule has 2 aromatic rings. The summed E-state index contributed by atoms with van der Waals surface area (Å²) in [6.07, 6.45) is -4.45. The van der Waals surface area contributed by atoms with E-state index in [2.05, 4.69) is 10.6 Å². The highest BCUT2D eigenvalue weighted by Gasteiger charge is 2.36. The smallest absolute Gasteiger partial charge is 0.351 e. The second-order valence-corrected chi connectivity index (χ2v) is 6.76. The Labute approximate surface area is 155 Å². The molecule has 4 nitrogen and oxygen atoms in total. The zero-order valence-corrected chi connectivity index (χ0v) is 15.3. The summed E-state index contributed by atoms with van der Waals surface area (Å²) in [6.45, 7) is 5.12. The summed E-state index contributed by atoms with van der Waals surface area (Å²) in [5, 5.41) is 5.21. The Morgan fingerprint density at radius 1 is 0.926 bits per heavy atom. The van der Waals surface area contributed by atoms with Crippen molar-refractivity contribution in [3.05, 3.63) is 65.2 Å². The van der Waals surface area contributed by atoms with Gasteiger partial charge in [-0.15, -0.1) is 0 Å². The van der Waals surface area contributed by atoms with Gasteiger partial charge in [0.15, 0.2) is 0 Å². The first kappa shape index (κ1) is 20.5. The molecule has 0 aliphatic rings. The molecule has 2 amide bonds. The van der Waals surface area contributed by atoms with Crippen LogP contribution in [-0.2, 0) is 22.3 Å². The molecule has 0 atom stereocenters. The molecule has 2 rings (SSSR count). The van der Waals surface area contributed by atoms with Gasteiger partial charge < -0.3 is 10.6 Å². The highest BCUT2D eigenvalue weighted by atomic mass is 19.4. The van der Waals surface area contributed by atoms with Crippen molar-refractivity contribution in [3.63, 3.8) is 0 Å². The largest absolute Gasteiger partial charge is 0.416 e. The Bertz CT molecular complexity index is 828. The molecular formula is C20H21F3N2O2. The lowest BCUT2D eigenvalue weighted by atomic mass is 9.90. The lowest BCUT2D eigenvalue weighted by molar-refractivity contribution is -0.139. The molecule has 0 aliphatic heterocycles. The first-order valence-corrected chi connectivity index (χ1v) is 8.33. The molecule has 0 aromatic heterocycles. The van der Waals surface area contributed by atoms with E-state index in [9.17, 15) is 22.8 Å². The number of rotatable bonds is 5. The maximum absolute atomic E-state index is 12.6. The van der Waals surface area contributed by atoms with Crippen LogP contribution in [0.5, 0.6) is 0 Å². The van der Waals surface area contributed by atoms with Crippen molar-refractivity contribution in [2.75, 3.05) is 5.32 Å². The van der Waals surface area contributed by atoms with E-state index < -0.39 is 29.0 Å². The van der Waals surface area contributed by atoms with Crippen LogP contribution in [0.3, 0.4) is 0 Å². The summed E-state index contributed by atoms with van der Waals surface area (Å²) in [4.78, 5) is 24.9. The van der Waals surface area contributed by atoms with Crippen LogP contribution in [0.1, 0.15) is 30.5 Å². The molecule has 27 heavy (non-hydrogen) atoms. The van der Waals surface area contributed by atoms with Gasteiger partial charge >= 0.3 is 6.18 Å². The minimum Gasteiger partial charge on any atom is -0.351 e. The molecular weight excluding hydrogens is 357 g/mol. The van der Waals surface area contributed by atoms with Gasteiger partial charge in [0.2, 0.25) is 11.8 Å². The van der Waals surface area contributed by atoms with E-state index in [0.29, 0.717) is 0 Å². The third-order valence-corrected chi connectivity index (χ3v) is 4.31. The average molecular weight is 378 g/mol. The topological polar surface area (TPSA) is 58.2 Å². The highest BCUT2D eigenvalue weighted by Crippen LogP contribution is 2.30. The van der Waals surface area contributed by atoms with Crippen molar-refractivity contribution in [2.45, 2.75) is 33.5 Å². The van der Waals surface area contributed by atoms with Crippen LogP contribution in [-0.4, -0.2) is 11.8 Å². The van der Waals surface area contributed by atoms with Gasteiger partial charge in [0.25, 0.3) is 0 Å². The number of carbonyl (C=O) groups is 2. The molecule has 0 bridgehead atoms. The van der Waals surface area contributed by atoms with Gasteiger partial charge in [-0.05, 0) is 56.2 Å². The standard InChI is InChI=1S/C20H21F3N2O2/c1-13-6-4-5-7-14(13)12-24-17(26)19(2,3)18(27)25-16-10-8-15(9-11-16)20(21,22)23/h4-11H,12H2,1-3H3,(H,24,26)(H,25,27). The summed E-state index contributed by atoms with van der Waals surface area (Å²) in [5.74, 6) is -1.08. The fourth-order valence-corrected chi connectivity index (χ4v) is 2.34. The number of carbonyl (C=O) groups excluding carboxylic acids is 2. The van der Waals surface area contributed by atoms with Crippen molar-refractivity contribution in [2.24, 2.45) is 5.41 Å². The fraction of sp³-hybridized carbons (Fsp3) is 0.300. The first-order chi connectivity index (χ1) is 12.5. The molecule has 0 saturated carbocycles. The van der Waals surface area contributed by atoms with E-state index in [4.69, 9.17) is 0 Å². The van der Waals surface area contributed by atoms with Gasteiger partial charge in [-0.1, -0.05) is 24.3 Å². The van der Waals surface area contributed by atoms with Crippen LogP contribution >= 0.6 is 0 Å². The molecule has 144 valence electrons. The van der Waals surface area contributed by atoms with Crippen LogP contribution in [0.4, 0.5) is 18.9 Å². The molecule has 0 radical (unpaired) electrons. The molecule has 0 fully saturated rings. The van der Waals surface area contributed by atoms with E-state index in [-0.39, 0.29) is 12.2 Å². The number of hydrogen-bond acceptors (Lipinski definition) is 2. The van der Waals surface area contributed by atoms with Crippen molar-refractivity contribution >= 4 is 17.5 Å². The van der Waals surface area contributed by atoms with E-state index in [1.54, 1.807) is 0 Å². The van der Waals surface area contributed by atoms with Crippen molar-refractivity contribution in [1.82, 2.24) is 5.32 Å². The molecule has 0 unspecified atom stereocenters. The summed E-state index contributed by atoms with van der Waals surface area (Å²) < 4.78 is 37.8. The quantitative estimate of drug-likeness (QED) is 0.763. The molecule has 0 heterocycles. The lowest BCUT2D eigenvalue weighted by Gasteiger charge is -2.23. The van der Waals surface area contributed by atoms with E-state index in [1.807, 2.05) is 31.2 Å². The van der Waals surface area contributed by atoms with E-state index in [0.717, 1.165) is 35.4 Å². The van der Waals surface area contributed by atoms with Gasteiger partial charge in [-0.25, -0.2) is 0 Å². The number of amides is 2.